The van der Waals surface area contributed by atoms with Gasteiger partial charge in [-0.2, -0.15) is 5.26 Å². The molecule has 0 radical (unpaired) electrons. The lowest BCUT2D eigenvalue weighted by molar-refractivity contribution is -0.125. The third-order valence-corrected chi connectivity index (χ3v) is 5.84. The molecule has 6 heteroatoms. The van der Waals surface area contributed by atoms with E-state index in [1.54, 1.807) is 30.5 Å². The molecule has 0 unspecified atom stereocenters. The van der Waals surface area contributed by atoms with Crippen LogP contribution in [0.2, 0.25) is 0 Å². The fourth-order valence-corrected chi connectivity index (χ4v) is 4.45. The number of carbonyl (C=O) groups excluding carboxylic acids is 1. The Morgan fingerprint density at radius 2 is 2.22 bits per heavy atom. The van der Waals surface area contributed by atoms with Crippen molar-refractivity contribution in [1.29, 1.82) is 5.26 Å². The molecule has 1 amide bonds. The van der Waals surface area contributed by atoms with Crippen LogP contribution in [0.25, 0.3) is 0 Å². The van der Waals surface area contributed by atoms with Crippen LogP contribution < -0.4 is 5.32 Å². The first-order valence-corrected chi connectivity index (χ1v) is 9.42. The van der Waals surface area contributed by atoms with Crippen molar-refractivity contribution in [3.8, 4) is 11.8 Å². The van der Waals surface area contributed by atoms with Gasteiger partial charge in [0.15, 0.2) is 5.13 Å². The summed E-state index contributed by atoms with van der Waals surface area (Å²) in [5.74, 6) is -0.242. The minimum atomic E-state index is -0.768. The number of fused-ring (bicyclic) bond motifs is 1. The number of rotatable bonds is 3. The first kappa shape index (κ1) is 17.3. The number of carbonyl (C=O) groups is 1. The maximum Gasteiger partial charge on any atom is 0.233 e. The molecular weight excluding hydrogens is 358 g/mol. The summed E-state index contributed by atoms with van der Waals surface area (Å²) in [5.41, 5.74) is 2.63. The Kier molecular flexibility index (Phi) is 4.17. The molecule has 0 bridgehead atoms. The number of aromatic hydroxyl groups is 1. The lowest BCUT2D eigenvalue weighted by atomic mass is 9.73. The molecule has 1 aromatic heterocycles. The van der Waals surface area contributed by atoms with Crippen LogP contribution in [0, 0.1) is 16.7 Å². The molecule has 1 heterocycles. The predicted octanol–water partition coefficient (Wildman–Crippen LogP) is 4.05. The molecule has 0 saturated heterocycles. The molecular formula is C21H17N3O2S. The van der Waals surface area contributed by atoms with Crippen molar-refractivity contribution in [2.24, 2.45) is 5.41 Å². The van der Waals surface area contributed by atoms with Gasteiger partial charge < -0.3 is 10.4 Å². The van der Waals surface area contributed by atoms with E-state index in [2.05, 4.69) is 16.4 Å². The Bertz CT molecular complexity index is 1060. The van der Waals surface area contributed by atoms with E-state index < -0.39 is 5.41 Å². The van der Waals surface area contributed by atoms with Crippen LogP contribution in [0.1, 0.15) is 35.1 Å². The number of aromatic nitrogens is 1. The summed E-state index contributed by atoms with van der Waals surface area (Å²) in [6, 6.07) is 14.7. The van der Waals surface area contributed by atoms with Crippen molar-refractivity contribution in [3.63, 3.8) is 0 Å². The number of nitrogens with one attached hydrogen (secondary N) is 1. The van der Waals surface area contributed by atoms with Crippen LogP contribution in [0.15, 0.2) is 54.0 Å². The summed E-state index contributed by atoms with van der Waals surface area (Å²) in [7, 11) is 0. The van der Waals surface area contributed by atoms with Crippen molar-refractivity contribution < 1.29 is 9.90 Å². The van der Waals surface area contributed by atoms with Gasteiger partial charge in [0.2, 0.25) is 5.91 Å². The van der Waals surface area contributed by atoms with Gasteiger partial charge in [0.05, 0.1) is 17.0 Å². The zero-order valence-corrected chi connectivity index (χ0v) is 15.5. The largest absolute Gasteiger partial charge is 0.508 e. The molecule has 2 N–H and O–H groups in total. The summed E-state index contributed by atoms with van der Waals surface area (Å²) in [5, 5.41) is 24.6. The Balaban J connectivity index is 1.83. The van der Waals surface area contributed by atoms with Crippen LogP contribution in [-0.4, -0.2) is 16.0 Å². The molecule has 5 nitrogen and oxygen atoms in total. The summed E-state index contributed by atoms with van der Waals surface area (Å²) >= 11 is 1.37. The zero-order valence-electron chi connectivity index (χ0n) is 14.6. The number of anilines is 1. The van der Waals surface area contributed by atoms with Gasteiger partial charge in [-0.15, -0.1) is 11.3 Å². The second kappa shape index (κ2) is 6.53. The Labute approximate surface area is 160 Å². The highest BCUT2D eigenvalue weighted by atomic mass is 32.1. The Morgan fingerprint density at radius 3 is 2.93 bits per heavy atom. The molecule has 134 valence electrons. The summed E-state index contributed by atoms with van der Waals surface area (Å²) in [6.07, 6.45) is 2.20. The minimum absolute atomic E-state index is 0.125. The van der Waals surface area contributed by atoms with Gasteiger partial charge in [-0.25, -0.2) is 4.98 Å². The number of benzene rings is 2. The summed E-state index contributed by atoms with van der Waals surface area (Å²) < 4.78 is 0. The highest BCUT2D eigenvalue weighted by molar-refractivity contribution is 7.13. The minimum Gasteiger partial charge on any atom is -0.508 e. The van der Waals surface area contributed by atoms with E-state index in [1.807, 2.05) is 30.5 Å². The average Bonchev–Trinajstić information content (AvgIpc) is 3.26. The Morgan fingerprint density at radius 1 is 1.37 bits per heavy atom. The first-order chi connectivity index (χ1) is 13.0. The quantitative estimate of drug-likeness (QED) is 0.723. The van der Waals surface area contributed by atoms with Gasteiger partial charge in [-0.3, -0.25) is 4.79 Å². The standard InChI is InChI=1S/C21H17N3O2S/c1-21(19(26)24-20-23-7-8-27-20)11-15-6-5-13(12-22)9-17(15)18(21)14-3-2-4-16(25)10-14/h2-10,18,25H,11H2,1H3,(H,23,24,26)/t18-,21+/m0/s1. The van der Waals surface area contributed by atoms with Gasteiger partial charge in [0, 0.05) is 17.5 Å². The van der Waals surface area contributed by atoms with Crippen LogP contribution >= 0.6 is 11.3 Å². The third-order valence-electron chi connectivity index (χ3n) is 5.16. The van der Waals surface area contributed by atoms with Crippen LogP contribution in [0.4, 0.5) is 5.13 Å². The highest BCUT2D eigenvalue weighted by Gasteiger charge is 2.49. The van der Waals surface area contributed by atoms with Crippen LogP contribution in [-0.2, 0) is 11.2 Å². The fraction of sp³-hybridized carbons (Fsp3) is 0.190. The third kappa shape index (κ3) is 2.96. The van der Waals surface area contributed by atoms with E-state index in [0.717, 1.165) is 16.7 Å². The second-order valence-electron chi connectivity index (χ2n) is 6.94. The topological polar surface area (TPSA) is 86.0 Å². The van der Waals surface area contributed by atoms with Crippen LogP contribution in [0.3, 0.4) is 0 Å². The molecule has 0 aliphatic heterocycles. The van der Waals surface area contributed by atoms with E-state index in [-0.39, 0.29) is 17.6 Å². The molecule has 0 saturated carbocycles. The summed E-state index contributed by atoms with van der Waals surface area (Å²) in [4.78, 5) is 17.4. The Hall–Kier alpha value is -3.17. The number of phenolic OH excluding ortho intramolecular Hbond substituents is 1. The molecule has 0 fully saturated rings. The number of nitriles is 1. The number of amides is 1. The molecule has 1 aliphatic carbocycles. The van der Waals surface area contributed by atoms with Crippen molar-refractivity contribution in [1.82, 2.24) is 4.98 Å². The van der Waals surface area contributed by atoms with E-state index in [0.29, 0.717) is 17.1 Å². The van der Waals surface area contributed by atoms with Gasteiger partial charge in [0.1, 0.15) is 5.75 Å². The first-order valence-electron chi connectivity index (χ1n) is 8.54. The number of nitrogens with zero attached hydrogens (tertiary/aromatic N) is 2. The maximum absolute atomic E-state index is 13.3. The lowest BCUT2D eigenvalue weighted by Crippen LogP contribution is -2.37. The average molecular weight is 375 g/mol. The van der Waals surface area contributed by atoms with Crippen molar-refractivity contribution in [2.75, 3.05) is 5.32 Å². The molecule has 3 aromatic rings. The van der Waals surface area contributed by atoms with Crippen LogP contribution in [0.5, 0.6) is 5.75 Å². The maximum atomic E-state index is 13.3. The van der Waals surface area contributed by atoms with Crippen molar-refractivity contribution in [3.05, 3.63) is 76.3 Å². The van der Waals surface area contributed by atoms with Gasteiger partial charge in [0.25, 0.3) is 0 Å². The number of thiazole rings is 1. The molecule has 4 rings (SSSR count). The fourth-order valence-electron chi connectivity index (χ4n) is 3.92. The zero-order chi connectivity index (χ0) is 19.0. The molecule has 0 spiro atoms. The van der Waals surface area contributed by atoms with E-state index in [1.165, 1.54) is 11.3 Å². The number of phenols is 1. The summed E-state index contributed by atoms with van der Waals surface area (Å²) in [6.45, 7) is 1.93. The van der Waals surface area contributed by atoms with Crippen molar-refractivity contribution >= 4 is 22.4 Å². The van der Waals surface area contributed by atoms with E-state index >= 15 is 0 Å². The lowest BCUT2D eigenvalue weighted by Gasteiger charge is -2.31. The monoisotopic (exact) mass is 375 g/mol. The molecule has 2 atom stereocenters. The van der Waals surface area contributed by atoms with Gasteiger partial charge in [-0.1, -0.05) is 18.2 Å². The van der Waals surface area contributed by atoms with Gasteiger partial charge in [-0.05, 0) is 54.3 Å². The molecule has 27 heavy (non-hydrogen) atoms. The predicted molar refractivity (Wildman–Crippen MR) is 104 cm³/mol. The smallest absolute Gasteiger partial charge is 0.233 e. The number of hydrogen-bond acceptors (Lipinski definition) is 5. The SMILES string of the molecule is C[C@@]1(C(=O)Nc2nccs2)Cc2ccc(C#N)cc2[C@@H]1c1cccc(O)c1. The molecule has 1 aliphatic rings. The van der Waals surface area contributed by atoms with E-state index in [4.69, 9.17) is 0 Å². The number of hydrogen-bond donors (Lipinski definition) is 2. The van der Waals surface area contributed by atoms with Gasteiger partial charge >= 0.3 is 0 Å². The second-order valence-corrected chi connectivity index (χ2v) is 7.83. The highest BCUT2D eigenvalue weighted by Crippen LogP contribution is 2.51. The molecule has 2 aromatic carbocycles. The van der Waals surface area contributed by atoms with Crippen molar-refractivity contribution in [2.45, 2.75) is 19.3 Å². The van der Waals surface area contributed by atoms with E-state index in [9.17, 15) is 15.2 Å². The normalized spacial score (nSPS) is 20.7.